The third kappa shape index (κ3) is 3.29. The maximum Gasteiger partial charge on any atom is 0.269 e. The molecule has 0 radical (unpaired) electrons. The number of carbonyl (C=O) groups excluding carboxylic acids is 2. The average Bonchev–Trinajstić information content (AvgIpc) is 2.85. The monoisotopic (exact) mass is 263 g/mol. The van der Waals surface area contributed by atoms with E-state index in [1.54, 1.807) is 6.07 Å². The van der Waals surface area contributed by atoms with E-state index in [1.165, 1.54) is 19.3 Å². The first-order chi connectivity index (χ1) is 9.10. The van der Waals surface area contributed by atoms with Crippen LogP contribution >= 0.6 is 0 Å². The molecule has 0 aliphatic carbocycles. The molecule has 1 aromatic rings. The Morgan fingerprint density at radius 1 is 1.42 bits per heavy atom. The Morgan fingerprint density at radius 3 is 2.84 bits per heavy atom. The molecule has 2 heterocycles. The van der Waals surface area contributed by atoms with Gasteiger partial charge in [0.05, 0.1) is 6.10 Å². The average molecular weight is 263 g/mol. The van der Waals surface area contributed by atoms with Gasteiger partial charge in [0.25, 0.3) is 11.8 Å². The number of pyridine rings is 1. The van der Waals surface area contributed by atoms with Crippen LogP contribution < -0.4 is 10.6 Å². The molecule has 19 heavy (non-hydrogen) atoms. The van der Waals surface area contributed by atoms with Crippen LogP contribution in [0.5, 0.6) is 0 Å². The summed E-state index contributed by atoms with van der Waals surface area (Å²) in [4.78, 5) is 27.3. The molecule has 1 saturated heterocycles. The zero-order chi connectivity index (χ0) is 13.8. The van der Waals surface area contributed by atoms with E-state index in [2.05, 4.69) is 15.6 Å². The van der Waals surface area contributed by atoms with Gasteiger partial charge in [0.1, 0.15) is 11.8 Å². The van der Waals surface area contributed by atoms with Gasteiger partial charge in [-0.2, -0.15) is 0 Å². The molecular formula is C13H17N3O3. The van der Waals surface area contributed by atoms with Crippen molar-refractivity contribution in [1.29, 1.82) is 0 Å². The van der Waals surface area contributed by atoms with Crippen molar-refractivity contribution in [2.45, 2.75) is 32.0 Å². The SMILES string of the molecule is CNC(=O)c1cc(NC(=O)[C@H]2CC[C@@H](C)O2)ccn1. The smallest absolute Gasteiger partial charge is 0.269 e. The van der Waals surface area contributed by atoms with Crippen molar-refractivity contribution in [2.75, 3.05) is 12.4 Å². The Hall–Kier alpha value is -1.95. The number of amides is 2. The standard InChI is InChI=1S/C13H17N3O3/c1-8-3-4-11(19-8)13(18)16-9-5-6-15-10(7-9)12(17)14-2/h5-8,11H,3-4H2,1-2H3,(H,14,17)(H,15,16,18)/t8-,11-/m1/s1. The van der Waals surface area contributed by atoms with E-state index in [-0.39, 0.29) is 23.6 Å². The van der Waals surface area contributed by atoms with E-state index in [4.69, 9.17) is 4.74 Å². The zero-order valence-corrected chi connectivity index (χ0v) is 11.0. The number of hydrogen-bond acceptors (Lipinski definition) is 4. The Kier molecular flexibility index (Phi) is 4.11. The predicted molar refractivity (Wildman–Crippen MR) is 69.8 cm³/mol. The van der Waals surface area contributed by atoms with Crippen LogP contribution in [-0.4, -0.2) is 36.1 Å². The second-order valence-electron chi connectivity index (χ2n) is 4.51. The number of ether oxygens (including phenoxy) is 1. The van der Waals surface area contributed by atoms with Crippen molar-refractivity contribution in [3.8, 4) is 0 Å². The number of rotatable bonds is 3. The molecule has 2 amide bonds. The molecule has 0 aromatic carbocycles. The Balaban J connectivity index is 2.03. The van der Waals surface area contributed by atoms with E-state index in [9.17, 15) is 9.59 Å². The first-order valence-corrected chi connectivity index (χ1v) is 6.24. The van der Waals surface area contributed by atoms with Gasteiger partial charge in [-0.1, -0.05) is 0 Å². The van der Waals surface area contributed by atoms with E-state index >= 15 is 0 Å². The van der Waals surface area contributed by atoms with Crippen LogP contribution in [0, 0.1) is 0 Å². The van der Waals surface area contributed by atoms with Crippen molar-refractivity contribution in [1.82, 2.24) is 10.3 Å². The molecule has 0 spiro atoms. The van der Waals surface area contributed by atoms with Crippen LogP contribution in [0.2, 0.25) is 0 Å². The molecule has 1 fully saturated rings. The molecule has 6 nitrogen and oxygen atoms in total. The molecule has 0 unspecified atom stereocenters. The molecule has 1 aliphatic rings. The number of hydrogen-bond donors (Lipinski definition) is 2. The third-order valence-electron chi connectivity index (χ3n) is 3.01. The van der Waals surface area contributed by atoms with Crippen molar-refractivity contribution in [2.24, 2.45) is 0 Å². The quantitative estimate of drug-likeness (QED) is 0.850. The topological polar surface area (TPSA) is 80.3 Å². The summed E-state index contributed by atoms with van der Waals surface area (Å²) >= 11 is 0. The first kappa shape index (κ1) is 13.5. The summed E-state index contributed by atoms with van der Waals surface area (Å²) in [6.45, 7) is 1.95. The normalized spacial score (nSPS) is 22.0. The van der Waals surface area contributed by atoms with Gasteiger partial charge < -0.3 is 15.4 Å². The fourth-order valence-electron chi connectivity index (χ4n) is 1.98. The van der Waals surface area contributed by atoms with Crippen molar-refractivity contribution in [3.05, 3.63) is 24.0 Å². The van der Waals surface area contributed by atoms with Crippen LogP contribution in [0.25, 0.3) is 0 Å². The fraction of sp³-hybridized carbons (Fsp3) is 0.462. The summed E-state index contributed by atoms with van der Waals surface area (Å²) in [5.41, 5.74) is 0.808. The van der Waals surface area contributed by atoms with Crippen LogP contribution in [0.1, 0.15) is 30.3 Å². The van der Waals surface area contributed by atoms with E-state index in [0.717, 1.165) is 12.8 Å². The van der Waals surface area contributed by atoms with Crippen LogP contribution in [-0.2, 0) is 9.53 Å². The third-order valence-corrected chi connectivity index (χ3v) is 3.01. The fourth-order valence-corrected chi connectivity index (χ4v) is 1.98. The number of anilines is 1. The first-order valence-electron chi connectivity index (χ1n) is 6.24. The van der Waals surface area contributed by atoms with Gasteiger partial charge in [-0.05, 0) is 31.9 Å². The van der Waals surface area contributed by atoms with Crippen molar-refractivity contribution < 1.29 is 14.3 Å². The lowest BCUT2D eigenvalue weighted by molar-refractivity contribution is -0.126. The summed E-state index contributed by atoms with van der Waals surface area (Å²) in [7, 11) is 1.53. The Morgan fingerprint density at radius 2 is 2.21 bits per heavy atom. The summed E-state index contributed by atoms with van der Waals surface area (Å²) in [6, 6.07) is 3.18. The van der Waals surface area contributed by atoms with E-state index in [1.807, 2.05) is 6.92 Å². The molecule has 1 aromatic heterocycles. The van der Waals surface area contributed by atoms with Gasteiger partial charge in [-0.15, -0.1) is 0 Å². The Labute approximate surface area is 111 Å². The summed E-state index contributed by atoms with van der Waals surface area (Å²) in [5.74, 6) is -0.472. The largest absolute Gasteiger partial charge is 0.365 e. The maximum absolute atomic E-state index is 12.0. The predicted octanol–water partition coefficient (Wildman–Crippen LogP) is 0.947. The van der Waals surface area contributed by atoms with Gasteiger partial charge >= 0.3 is 0 Å². The lowest BCUT2D eigenvalue weighted by Gasteiger charge is -2.12. The van der Waals surface area contributed by atoms with Gasteiger partial charge in [0.2, 0.25) is 0 Å². The lowest BCUT2D eigenvalue weighted by Crippen LogP contribution is -2.28. The highest BCUT2D eigenvalue weighted by molar-refractivity contribution is 5.97. The van der Waals surface area contributed by atoms with Gasteiger partial charge in [-0.25, -0.2) is 0 Å². The minimum absolute atomic E-state index is 0.120. The van der Waals surface area contributed by atoms with E-state index in [0.29, 0.717) is 5.69 Å². The summed E-state index contributed by atoms with van der Waals surface area (Å²) in [5, 5.41) is 5.22. The van der Waals surface area contributed by atoms with Crippen molar-refractivity contribution >= 4 is 17.5 Å². The second-order valence-corrected chi connectivity index (χ2v) is 4.51. The molecule has 102 valence electrons. The minimum atomic E-state index is -0.411. The van der Waals surface area contributed by atoms with E-state index < -0.39 is 6.10 Å². The van der Waals surface area contributed by atoms with Crippen LogP contribution in [0.4, 0.5) is 5.69 Å². The molecule has 2 N–H and O–H groups in total. The molecule has 1 aliphatic heterocycles. The molecule has 2 atom stereocenters. The minimum Gasteiger partial charge on any atom is -0.365 e. The van der Waals surface area contributed by atoms with Gasteiger partial charge in [0.15, 0.2) is 0 Å². The maximum atomic E-state index is 12.0. The summed E-state index contributed by atoms with van der Waals surface area (Å²) in [6.07, 6.45) is 2.80. The molecule has 2 rings (SSSR count). The highest BCUT2D eigenvalue weighted by Crippen LogP contribution is 2.20. The number of aromatic nitrogens is 1. The van der Waals surface area contributed by atoms with Gasteiger partial charge in [0, 0.05) is 18.9 Å². The molecule has 6 heteroatoms. The number of carbonyl (C=O) groups is 2. The molecule has 0 bridgehead atoms. The van der Waals surface area contributed by atoms with Gasteiger partial charge in [-0.3, -0.25) is 14.6 Å². The van der Waals surface area contributed by atoms with Crippen LogP contribution in [0.15, 0.2) is 18.3 Å². The highest BCUT2D eigenvalue weighted by Gasteiger charge is 2.28. The van der Waals surface area contributed by atoms with Crippen LogP contribution in [0.3, 0.4) is 0 Å². The second kappa shape index (κ2) is 5.79. The highest BCUT2D eigenvalue weighted by atomic mass is 16.5. The lowest BCUT2D eigenvalue weighted by atomic mass is 10.2. The molecular weight excluding hydrogens is 246 g/mol. The molecule has 0 saturated carbocycles. The zero-order valence-electron chi connectivity index (χ0n) is 11.0. The van der Waals surface area contributed by atoms with Crippen molar-refractivity contribution in [3.63, 3.8) is 0 Å². The summed E-state index contributed by atoms with van der Waals surface area (Å²) < 4.78 is 5.49. The Bertz CT molecular complexity index is 490. The number of nitrogens with one attached hydrogen (secondary N) is 2. The number of nitrogens with zero attached hydrogens (tertiary/aromatic N) is 1.